The fraction of sp³-hybridized carbons (Fsp3) is 0.250. The maximum atomic E-state index is 5.45. The van der Waals surface area contributed by atoms with Gasteiger partial charge in [-0.05, 0) is 12.1 Å². The maximum Gasteiger partial charge on any atom is 0.203 e. The average Bonchev–Trinajstić information content (AvgIpc) is 3.22. The van der Waals surface area contributed by atoms with E-state index >= 15 is 0 Å². The fourth-order valence-electron chi connectivity index (χ4n) is 2.87. The van der Waals surface area contributed by atoms with Crippen LogP contribution in [0.1, 0.15) is 0 Å². The molecule has 3 rings (SSSR count). The Morgan fingerprint density at radius 1 is 0.704 bits per heavy atom. The Bertz CT molecular complexity index is 889. The molecule has 0 saturated heterocycles. The van der Waals surface area contributed by atoms with Crippen LogP contribution in [-0.2, 0) is 0 Å². The van der Waals surface area contributed by atoms with Gasteiger partial charge in [-0.1, -0.05) is 0 Å². The monoisotopic (exact) mass is 370 g/mol. The normalized spacial score (nSPS) is 10.4. The van der Waals surface area contributed by atoms with Gasteiger partial charge in [0.05, 0.1) is 41.2 Å². The van der Waals surface area contributed by atoms with Crippen LogP contribution >= 0.6 is 0 Å². The molecular formula is C20H22N2O5. The van der Waals surface area contributed by atoms with Crippen LogP contribution in [0.4, 0.5) is 0 Å². The quantitative estimate of drug-likeness (QED) is 0.633. The van der Waals surface area contributed by atoms with Crippen molar-refractivity contribution in [3.05, 3.63) is 42.7 Å². The smallest absolute Gasteiger partial charge is 0.203 e. The van der Waals surface area contributed by atoms with E-state index in [2.05, 4.69) is 4.98 Å². The van der Waals surface area contributed by atoms with Crippen molar-refractivity contribution >= 4 is 0 Å². The molecule has 1 heterocycles. The lowest BCUT2D eigenvalue weighted by Crippen LogP contribution is -2.00. The Kier molecular flexibility index (Phi) is 5.40. The predicted octanol–water partition coefficient (Wildman–Crippen LogP) is 3.58. The first-order chi connectivity index (χ1) is 13.1. The highest BCUT2D eigenvalue weighted by Gasteiger charge is 2.17. The third-order valence-electron chi connectivity index (χ3n) is 4.18. The summed E-state index contributed by atoms with van der Waals surface area (Å²) in [6.07, 6.45) is 3.59. The number of rotatable bonds is 7. The van der Waals surface area contributed by atoms with Crippen LogP contribution < -0.4 is 23.7 Å². The molecule has 7 heteroatoms. The zero-order chi connectivity index (χ0) is 19.4. The third kappa shape index (κ3) is 3.48. The van der Waals surface area contributed by atoms with Gasteiger partial charge in [0.25, 0.3) is 0 Å². The van der Waals surface area contributed by atoms with Crippen LogP contribution in [0.2, 0.25) is 0 Å². The van der Waals surface area contributed by atoms with E-state index in [9.17, 15) is 0 Å². The molecular weight excluding hydrogens is 348 g/mol. The van der Waals surface area contributed by atoms with Crippen molar-refractivity contribution in [3.63, 3.8) is 0 Å². The third-order valence-corrected chi connectivity index (χ3v) is 4.18. The zero-order valence-corrected chi connectivity index (χ0v) is 16.0. The van der Waals surface area contributed by atoms with E-state index in [1.54, 1.807) is 41.7 Å². The lowest BCUT2D eigenvalue weighted by molar-refractivity contribution is 0.324. The van der Waals surface area contributed by atoms with Gasteiger partial charge < -0.3 is 23.7 Å². The molecule has 3 aromatic rings. The predicted molar refractivity (Wildman–Crippen MR) is 102 cm³/mol. The Morgan fingerprint density at radius 3 is 1.78 bits per heavy atom. The Hall–Kier alpha value is -3.35. The number of hydrogen-bond donors (Lipinski definition) is 0. The van der Waals surface area contributed by atoms with E-state index in [-0.39, 0.29) is 0 Å². The Morgan fingerprint density at radius 2 is 1.30 bits per heavy atom. The van der Waals surface area contributed by atoms with E-state index in [0.717, 1.165) is 11.3 Å². The summed E-state index contributed by atoms with van der Waals surface area (Å²) in [5.41, 5.74) is 1.67. The first-order valence-corrected chi connectivity index (χ1v) is 8.22. The molecule has 0 aliphatic carbocycles. The first-order valence-electron chi connectivity index (χ1n) is 8.22. The molecule has 0 unspecified atom stereocenters. The number of nitrogens with zero attached hydrogens (tertiary/aromatic N) is 2. The van der Waals surface area contributed by atoms with Crippen molar-refractivity contribution < 1.29 is 23.7 Å². The van der Waals surface area contributed by atoms with Crippen molar-refractivity contribution in [2.45, 2.75) is 0 Å². The molecule has 0 bridgehead atoms. The van der Waals surface area contributed by atoms with Gasteiger partial charge >= 0.3 is 0 Å². The molecule has 0 aliphatic heterocycles. The second kappa shape index (κ2) is 7.90. The minimum absolute atomic E-state index is 0.532. The average molecular weight is 370 g/mol. The SMILES string of the molecule is COc1cc(OC)cc(-n2ccnc2-c2cc(OC)c(OC)c(OC)c2)c1. The fourth-order valence-corrected chi connectivity index (χ4v) is 2.87. The van der Waals surface area contributed by atoms with Crippen molar-refractivity contribution in [3.8, 4) is 45.8 Å². The van der Waals surface area contributed by atoms with Gasteiger partial charge in [-0.15, -0.1) is 0 Å². The lowest BCUT2D eigenvalue weighted by atomic mass is 10.1. The molecule has 0 amide bonds. The number of hydrogen-bond acceptors (Lipinski definition) is 6. The molecule has 2 aromatic carbocycles. The minimum atomic E-state index is 0.532. The van der Waals surface area contributed by atoms with Gasteiger partial charge in [0.1, 0.15) is 17.3 Å². The number of ether oxygens (including phenoxy) is 5. The molecule has 0 fully saturated rings. The molecule has 0 N–H and O–H groups in total. The summed E-state index contributed by atoms with van der Waals surface area (Å²) in [5, 5.41) is 0. The first kappa shape index (κ1) is 18.4. The summed E-state index contributed by atoms with van der Waals surface area (Å²) in [6, 6.07) is 9.35. The number of aromatic nitrogens is 2. The summed E-state index contributed by atoms with van der Waals surface area (Å²) < 4.78 is 29.0. The highest BCUT2D eigenvalue weighted by atomic mass is 16.5. The Balaban J connectivity index is 2.16. The summed E-state index contributed by atoms with van der Waals surface area (Å²) >= 11 is 0. The topological polar surface area (TPSA) is 64.0 Å². The van der Waals surface area contributed by atoms with E-state index in [4.69, 9.17) is 23.7 Å². The zero-order valence-electron chi connectivity index (χ0n) is 16.0. The lowest BCUT2D eigenvalue weighted by Gasteiger charge is -2.15. The molecule has 1 aromatic heterocycles. The van der Waals surface area contributed by atoms with Gasteiger partial charge in [-0.3, -0.25) is 4.57 Å². The van der Waals surface area contributed by atoms with Gasteiger partial charge in [-0.25, -0.2) is 4.98 Å². The molecule has 142 valence electrons. The molecule has 0 spiro atoms. The van der Waals surface area contributed by atoms with Gasteiger partial charge in [0, 0.05) is 36.2 Å². The largest absolute Gasteiger partial charge is 0.497 e. The highest BCUT2D eigenvalue weighted by molar-refractivity contribution is 5.68. The molecule has 7 nitrogen and oxygen atoms in total. The van der Waals surface area contributed by atoms with Crippen molar-refractivity contribution in [1.82, 2.24) is 9.55 Å². The second-order valence-corrected chi connectivity index (χ2v) is 5.61. The summed E-state index contributed by atoms with van der Waals surface area (Å²) in [4.78, 5) is 4.51. The standard InChI is InChI=1S/C20H22N2O5/c1-23-15-10-14(11-16(12-15)24-2)22-7-6-21-20(22)13-8-17(25-3)19(27-5)18(9-13)26-4/h6-12H,1-5H3. The minimum Gasteiger partial charge on any atom is -0.497 e. The van der Waals surface area contributed by atoms with Crippen LogP contribution in [0, 0.1) is 0 Å². The highest BCUT2D eigenvalue weighted by Crippen LogP contribution is 2.41. The second-order valence-electron chi connectivity index (χ2n) is 5.61. The molecule has 0 aliphatic rings. The van der Waals surface area contributed by atoms with Crippen LogP contribution in [0.15, 0.2) is 42.7 Å². The van der Waals surface area contributed by atoms with Gasteiger partial charge in [-0.2, -0.15) is 0 Å². The number of imidazole rings is 1. The van der Waals surface area contributed by atoms with E-state index < -0.39 is 0 Å². The van der Waals surface area contributed by atoms with Crippen LogP contribution in [0.3, 0.4) is 0 Å². The number of benzene rings is 2. The van der Waals surface area contributed by atoms with Gasteiger partial charge in [0.2, 0.25) is 5.75 Å². The van der Waals surface area contributed by atoms with Crippen LogP contribution in [0.5, 0.6) is 28.7 Å². The van der Waals surface area contributed by atoms with Crippen LogP contribution in [0.25, 0.3) is 17.1 Å². The summed E-state index contributed by atoms with van der Waals surface area (Å²) in [6.45, 7) is 0. The molecule has 0 atom stereocenters. The van der Waals surface area contributed by atoms with E-state index in [0.29, 0.717) is 34.6 Å². The van der Waals surface area contributed by atoms with Crippen molar-refractivity contribution in [1.29, 1.82) is 0 Å². The van der Waals surface area contributed by atoms with Crippen molar-refractivity contribution in [2.75, 3.05) is 35.5 Å². The maximum absolute atomic E-state index is 5.45. The summed E-state index contributed by atoms with van der Waals surface area (Å²) in [5.74, 6) is 3.74. The number of methoxy groups -OCH3 is 5. The van der Waals surface area contributed by atoms with E-state index in [1.165, 1.54) is 0 Å². The molecule has 0 saturated carbocycles. The Labute approximate surface area is 158 Å². The molecule has 27 heavy (non-hydrogen) atoms. The van der Waals surface area contributed by atoms with Crippen LogP contribution in [-0.4, -0.2) is 45.1 Å². The molecule has 0 radical (unpaired) electrons. The summed E-state index contributed by atoms with van der Waals surface area (Å²) in [7, 11) is 7.98. The van der Waals surface area contributed by atoms with Gasteiger partial charge in [0.15, 0.2) is 11.5 Å². The van der Waals surface area contributed by atoms with Crippen molar-refractivity contribution in [2.24, 2.45) is 0 Å². The van der Waals surface area contributed by atoms with E-state index in [1.807, 2.05) is 41.1 Å².